The van der Waals surface area contributed by atoms with Gasteiger partial charge in [0, 0.05) is 16.6 Å². The molecule has 1 aromatic rings. The first-order valence-corrected chi connectivity index (χ1v) is 6.02. The van der Waals surface area contributed by atoms with E-state index in [1.54, 1.807) is 12.1 Å². The molecule has 4 N–H and O–H groups in total. The van der Waals surface area contributed by atoms with Gasteiger partial charge >= 0.3 is 0 Å². The molecule has 1 atom stereocenters. The van der Waals surface area contributed by atoms with Crippen LogP contribution >= 0.6 is 15.9 Å². The third-order valence-corrected chi connectivity index (χ3v) is 2.92. The smallest absolute Gasteiger partial charge is 0.156 e. The van der Waals surface area contributed by atoms with Crippen molar-refractivity contribution in [3.8, 4) is 0 Å². The van der Waals surface area contributed by atoms with Gasteiger partial charge in [-0.15, -0.1) is 0 Å². The standard InChI is InChI=1S/C11H15BrFN3O/c1-2-10(11(14)16-17)15-6-7-5-8(12)3-4-9(7)13/h3-5,10,15,17H,2,6H2,1H3,(H2,14,16). The number of amidine groups is 1. The van der Waals surface area contributed by atoms with Crippen LogP contribution in [0, 0.1) is 5.82 Å². The van der Waals surface area contributed by atoms with E-state index in [1.165, 1.54) is 6.07 Å². The highest BCUT2D eigenvalue weighted by Gasteiger charge is 2.12. The van der Waals surface area contributed by atoms with Gasteiger partial charge in [-0.2, -0.15) is 0 Å². The minimum Gasteiger partial charge on any atom is -0.409 e. The molecule has 0 saturated carbocycles. The summed E-state index contributed by atoms with van der Waals surface area (Å²) in [5.74, 6) is -0.182. The third kappa shape index (κ3) is 3.98. The quantitative estimate of drug-likeness (QED) is 0.338. The molecule has 94 valence electrons. The topological polar surface area (TPSA) is 70.6 Å². The summed E-state index contributed by atoms with van der Waals surface area (Å²) in [5.41, 5.74) is 6.03. The molecular formula is C11H15BrFN3O. The maximum absolute atomic E-state index is 13.4. The summed E-state index contributed by atoms with van der Waals surface area (Å²) in [4.78, 5) is 0. The Balaban J connectivity index is 2.69. The highest BCUT2D eigenvalue weighted by atomic mass is 79.9. The highest BCUT2D eigenvalue weighted by Crippen LogP contribution is 2.15. The van der Waals surface area contributed by atoms with Gasteiger partial charge in [0.15, 0.2) is 5.84 Å². The molecular weight excluding hydrogens is 289 g/mol. The van der Waals surface area contributed by atoms with Gasteiger partial charge in [-0.25, -0.2) is 4.39 Å². The molecule has 1 unspecified atom stereocenters. The molecule has 0 bridgehead atoms. The number of nitrogens with one attached hydrogen (secondary N) is 1. The van der Waals surface area contributed by atoms with Gasteiger partial charge in [-0.3, -0.25) is 0 Å². The molecule has 0 radical (unpaired) electrons. The summed E-state index contributed by atoms with van der Waals surface area (Å²) in [7, 11) is 0. The van der Waals surface area contributed by atoms with Crippen molar-refractivity contribution in [1.82, 2.24) is 5.32 Å². The van der Waals surface area contributed by atoms with Crippen LogP contribution in [0.3, 0.4) is 0 Å². The lowest BCUT2D eigenvalue weighted by Gasteiger charge is -2.15. The van der Waals surface area contributed by atoms with E-state index in [-0.39, 0.29) is 17.7 Å². The van der Waals surface area contributed by atoms with Crippen molar-refractivity contribution in [3.63, 3.8) is 0 Å². The molecule has 17 heavy (non-hydrogen) atoms. The predicted molar refractivity (Wildman–Crippen MR) is 68.4 cm³/mol. The Morgan fingerprint density at radius 3 is 2.94 bits per heavy atom. The summed E-state index contributed by atoms with van der Waals surface area (Å²) in [6.45, 7) is 2.22. The first-order valence-electron chi connectivity index (χ1n) is 5.23. The monoisotopic (exact) mass is 303 g/mol. The maximum atomic E-state index is 13.4. The summed E-state index contributed by atoms with van der Waals surface area (Å²) < 4.78 is 14.2. The maximum Gasteiger partial charge on any atom is 0.156 e. The lowest BCUT2D eigenvalue weighted by atomic mass is 10.1. The summed E-state index contributed by atoms with van der Waals surface area (Å²) in [6.07, 6.45) is 0.658. The molecule has 1 rings (SSSR count). The van der Waals surface area contributed by atoms with Crippen LogP contribution in [0.4, 0.5) is 4.39 Å². The van der Waals surface area contributed by atoms with E-state index in [0.717, 1.165) is 4.47 Å². The number of nitrogens with zero attached hydrogens (tertiary/aromatic N) is 1. The predicted octanol–water partition coefficient (Wildman–Crippen LogP) is 2.20. The van der Waals surface area contributed by atoms with E-state index in [0.29, 0.717) is 18.5 Å². The first kappa shape index (κ1) is 13.9. The summed E-state index contributed by atoms with van der Waals surface area (Å²) >= 11 is 3.28. The summed E-state index contributed by atoms with van der Waals surface area (Å²) in [5, 5.41) is 14.5. The number of halogens is 2. The number of hydrogen-bond donors (Lipinski definition) is 3. The van der Waals surface area contributed by atoms with Gasteiger partial charge < -0.3 is 16.3 Å². The summed E-state index contributed by atoms with van der Waals surface area (Å²) in [6, 6.07) is 4.46. The van der Waals surface area contributed by atoms with Crippen molar-refractivity contribution in [3.05, 3.63) is 34.1 Å². The molecule has 0 aliphatic rings. The second-order valence-corrected chi connectivity index (χ2v) is 4.52. The minimum atomic E-state index is -0.282. The molecule has 1 aromatic carbocycles. The molecule has 0 saturated heterocycles. The van der Waals surface area contributed by atoms with Crippen molar-refractivity contribution in [2.24, 2.45) is 10.9 Å². The zero-order chi connectivity index (χ0) is 12.8. The Bertz CT molecular complexity index is 412. The van der Waals surface area contributed by atoms with Crippen LogP contribution in [0.15, 0.2) is 27.8 Å². The number of benzene rings is 1. The minimum absolute atomic E-state index is 0.0999. The van der Waals surface area contributed by atoms with Crippen molar-refractivity contribution in [2.75, 3.05) is 0 Å². The van der Waals surface area contributed by atoms with E-state index in [2.05, 4.69) is 26.4 Å². The Morgan fingerprint density at radius 2 is 2.35 bits per heavy atom. The molecule has 0 fully saturated rings. The Labute approximate surface area is 108 Å². The van der Waals surface area contributed by atoms with Gasteiger partial charge in [-0.05, 0) is 24.6 Å². The molecule has 0 aliphatic heterocycles. The molecule has 0 amide bonds. The SMILES string of the molecule is CCC(NCc1cc(Br)ccc1F)C(N)=NO. The number of hydrogen-bond acceptors (Lipinski definition) is 3. The van der Waals surface area contributed by atoms with Crippen LogP contribution in [0.1, 0.15) is 18.9 Å². The van der Waals surface area contributed by atoms with E-state index < -0.39 is 0 Å². The number of oxime groups is 1. The van der Waals surface area contributed by atoms with E-state index in [4.69, 9.17) is 10.9 Å². The van der Waals surface area contributed by atoms with E-state index in [9.17, 15) is 4.39 Å². The fourth-order valence-electron chi connectivity index (χ4n) is 1.44. The van der Waals surface area contributed by atoms with Gasteiger partial charge in [0.2, 0.25) is 0 Å². The zero-order valence-corrected chi connectivity index (χ0v) is 11.0. The molecule has 0 spiro atoms. The Hall–Kier alpha value is -1.14. The van der Waals surface area contributed by atoms with Gasteiger partial charge in [0.05, 0.1) is 6.04 Å². The molecule has 6 heteroatoms. The second kappa shape index (κ2) is 6.56. The van der Waals surface area contributed by atoms with Crippen LogP contribution in [0.5, 0.6) is 0 Å². The fourth-order valence-corrected chi connectivity index (χ4v) is 1.85. The number of rotatable bonds is 5. The highest BCUT2D eigenvalue weighted by molar-refractivity contribution is 9.10. The van der Waals surface area contributed by atoms with Crippen LogP contribution < -0.4 is 11.1 Å². The average Bonchev–Trinajstić information content (AvgIpc) is 2.33. The molecule has 0 heterocycles. The molecule has 0 aromatic heterocycles. The lowest BCUT2D eigenvalue weighted by molar-refractivity contribution is 0.314. The van der Waals surface area contributed by atoms with Crippen LogP contribution in [-0.2, 0) is 6.54 Å². The molecule has 4 nitrogen and oxygen atoms in total. The van der Waals surface area contributed by atoms with Crippen molar-refractivity contribution >= 4 is 21.8 Å². The van der Waals surface area contributed by atoms with E-state index in [1.807, 2.05) is 6.92 Å². The van der Waals surface area contributed by atoms with Crippen molar-refractivity contribution in [2.45, 2.75) is 25.9 Å². The van der Waals surface area contributed by atoms with Gasteiger partial charge in [0.25, 0.3) is 0 Å². The average molecular weight is 304 g/mol. The third-order valence-electron chi connectivity index (χ3n) is 2.43. The normalized spacial score (nSPS) is 13.7. The van der Waals surface area contributed by atoms with Gasteiger partial charge in [0.1, 0.15) is 5.82 Å². The second-order valence-electron chi connectivity index (χ2n) is 3.60. The Kier molecular flexibility index (Phi) is 5.37. The lowest BCUT2D eigenvalue weighted by Crippen LogP contribution is -2.40. The van der Waals surface area contributed by atoms with Crippen LogP contribution in [0.2, 0.25) is 0 Å². The number of nitrogens with two attached hydrogens (primary N) is 1. The fraction of sp³-hybridized carbons (Fsp3) is 0.364. The molecule has 0 aliphatic carbocycles. The zero-order valence-electron chi connectivity index (χ0n) is 9.45. The first-order chi connectivity index (χ1) is 8.08. The van der Waals surface area contributed by atoms with E-state index >= 15 is 0 Å². The van der Waals surface area contributed by atoms with Crippen molar-refractivity contribution < 1.29 is 9.60 Å². The van der Waals surface area contributed by atoms with Crippen LogP contribution in [0.25, 0.3) is 0 Å². The van der Waals surface area contributed by atoms with Crippen LogP contribution in [-0.4, -0.2) is 17.1 Å². The van der Waals surface area contributed by atoms with Gasteiger partial charge in [-0.1, -0.05) is 28.0 Å². The van der Waals surface area contributed by atoms with Crippen molar-refractivity contribution in [1.29, 1.82) is 0 Å². The largest absolute Gasteiger partial charge is 0.409 e. The Morgan fingerprint density at radius 1 is 1.65 bits per heavy atom.